The molecular formula is C10H8N2O. The van der Waals surface area contributed by atoms with Crippen LogP contribution >= 0.6 is 0 Å². The summed E-state index contributed by atoms with van der Waals surface area (Å²) in [6, 6.07) is 3.69. The largest absolute Gasteiger partial charge is 0.372 e. The van der Waals surface area contributed by atoms with Crippen LogP contribution in [0.4, 0.5) is 0 Å². The van der Waals surface area contributed by atoms with Crippen molar-refractivity contribution < 1.29 is 4.74 Å². The van der Waals surface area contributed by atoms with E-state index in [2.05, 4.69) is 16.8 Å². The van der Waals surface area contributed by atoms with Gasteiger partial charge in [-0.1, -0.05) is 11.8 Å². The van der Waals surface area contributed by atoms with E-state index in [0.29, 0.717) is 12.2 Å². The van der Waals surface area contributed by atoms with Gasteiger partial charge in [0.1, 0.15) is 12.7 Å². The van der Waals surface area contributed by atoms with Crippen LogP contribution in [0.1, 0.15) is 11.1 Å². The van der Waals surface area contributed by atoms with Gasteiger partial charge in [-0.2, -0.15) is 5.26 Å². The van der Waals surface area contributed by atoms with Crippen LogP contribution < -0.4 is 0 Å². The van der Waals surface area contributed by atoms with E-state index in [-0.39, 0.29) is 0 Å². The average molecular weight is 172 g/mol. The molecule has 0 unspecified atom stereocenters. The van der Waals surface area contributed by atoms with E-state index in [1.807, 2.05) is 6.07 Å². The minimum Gasteiger partial charge on any atom is -0.372 e. The molecule has 1 aromatic heterocycles. The Hall–Kier alpha value is -1.84. The normalized spacial score (nSPS) is 8.31. The molecule has 0 aliphatic rings. The summed E-state index contributed by atoms with van der Waals surface area (Å²) >= 11 is 0. The molecule has 0 atom stereocenters. The minimum atomic E-state index is 0.386. The number of nitrogens with zero attached hydrogens (tertiary/aromatic N) is 2. The standard InChI is InChI=1S/C10H8N2O/c1-13-4-2-3-9-5-10(6-11)8-12-7-9/h5,7-8H,4H2,1H3. The molecule has 0 aliphatic carbocycles. The van der Waals surface area contributed by atoms with Crippen molar-refractivity contribution in [2.75, 3.05) is 13.7 Å². The SMILES string of the molecule is COCC#Cc1cncc(C#N)c1. The highest BCUT2D eigenvalue weighted by atomic mass is 16.5. The Balaban J connectivity index is 2.81. The van der Waals surface area contributed by atoms with E-state index in [4.69, 9.17) is 10.00 Å². The molecule has 0 radical (unpaired) electrons. The zero-order valence-corrected chi connectivity index (χ0v) is 7.24. The number of hydrogen-bond donors (Lipinski definition) is 0. The van der Waals surface area contributed by atoms with E-state index < -0.39 is 0 Å². The van der Waals surface area contributed by atoms with E-state index in [1.165, 1.54) is 6.20 Å². The molecule has 64 valence electrons. The van der Waals surface area contributed by atoms with Crippen LogP contribution in [0.15, 0.2) is 18.5 Å². The maximum atomic E-state index is 8.57. The number of ether oxygens (including phenoxy) is 1. The van der Waals surface area contributed by atoms with Crippen LogP contribution in [0.25, 0.3) is 0 Å². The second-order valence-electron chi connectivity index (χ2n) is 2.31. The van der Waals surface area contributed by atoms with Gasteiger partial charge in [-0.25, -0.2) is 0 Å². The molecular weight excluding hydrogens is 164 g/mol. The summed E-state index contributed by atoms with van der Waals surface area (Å²) in [6.07, 6.45) is 3.12. The molecule has 3 heteroatoms. The third-order valence-corrected chi connectivity index (χ3v) is 1.32. The second-order valence-corrected chi connectivity index (χ2v) is 2.31. The van der Waals surface area contributed by atoms with Gasteiger partial charge < -0.3 is 4.74 Å². The summed E-state index contributed by atoms with van der Waals surface area (Å²) in [5.41, 5.74) is 1.25. The summed E-state index contributed by atoms with van der Waals surface area (Å²) in [5.74, 6) is 5.61. The molecule has 0 fully saturated rings. The lowest BCUT2D eigenvalue weighted by molar-refractivity contribution is 0.240. The van der Waals surface area contributed by atoms with Crippen molar-refractivity contribution in [1.82, 2.24) is 4.98 Å². The van der Waals surface area contributed by atoms with Gasteiger partial charge >= 0.3 is 0 Å². The zero-order chi connectivity index (χ0) is 9.52. The van der Waals surface area contributed by atoms with Crippen molar-refractivity contribution in [1.29, 1.82) is 5.26 Å². The molecule has 0 spiro atoms. The van der Waals surface area contributed by atoms with Crippen molar-refractivity contribution in [3.8, 4) is 17.9 Å². The van der Waals surface area contributed by atoms with Gasteiger partial charge in [0.2, 0.25) is 0 Å². The highest BCUT2D eigenvalue weighted by Gasteiger charge is 1.90. The Kier molecular flexibility index (Phi) is 3.50. The Morgan fingerprint density at radius 2 is 2.23 bits per heavy atom. The third kappa shape index (κ3) is 2.94. The number of hydrogen-bond acceptors (Lipinski definition) is 3. The van der Waals surface area contributed by atoms with Crippen molar-refractivity contribution >= 4 is 0 Å². The fraction of sp³-hybridized carbons (Fsp3) is 0.200. The first-order valence-electron chi connectivity index (χ1n) is 3.70. The lowest BCUT2D eigenvalue weighted by Crippen LogP contribution is -1.84. The van der Waals surface area contributed by atoms with Crippen LogP contribution in [-0.4, -0.2) is 18.7 Å². The number of pyridine rings is 1. The Morgan fingerprint density at radius 3 is 2.92 bits per heavy atom. The molecule has 1 aromatic rings. The summed E-state index contributed by atoms with van der Waals surface area (Å²) in [5, 5.41) is 8.57. The lowest BCUT2D eigenvalue weighted by Gasteiger charge is -1.89. The lowest BCUT2D eigenvalue weighted by atomic mass is 10.2. The molecule has 0 aromatic carbocycles. The number of aromatic nitrogens is 1. The molecule has 3 nitrogen and oxygen atoms in total. The van der Waals surface area contributed by atoms with Crippen molar-refractivity contribution in [2.24, 2.45) is 0 Å². The maximum Gasteiger partial charge on any atom is 0.107 e. The van der Waals surface area contributed by atoms with Crippen molar-refractivity contribution in [3.63, 3.8) is 0 Å². The quantitative estimate of drug-likeness (QED) is 0.592. The smallest absolute Gasteiger partial charge is 0.107 e. The van der Waals surface area contributed by atoms with E-state index in [9.17, 15) is 0 Å². The Bertz CT molecular complexity index is 382. The molecule has 13 heavy (non-hydrogen) atoms. The first kappa shape index (κ1) is 9.25. The number of nitriles is 1. The van der Waals surface area contributed by atoms with Gasteiger partial charge in [0.25, 0.3) is 0 Å². The third-order valence-electron chi connectivity index (χ3n) is 1.32. The topological polar surface area (TPSA) is 45.9 Å². The van der Waals surface area contributed by atoms with Crippen molar-refractivity contribution in [3.05, 3.63) is 29.6 Å². The molecule has 0 bridgehead atoms. The van der Waals surface area contributed by atoms with Crippen LogP contribution in [-0.2, 0) is 4.74 Å². The zero-order valence-electron chi connectivity index (χ0n) is 7.24. The minimum absolute atomic E-state index is 0.386. The summed E-state index contributed by atoms with van der Waals surface area (Å²) in [6.45, 7) is 0.386. The Morgan fingerprint density at radius 1 is 1.46 bits per heavy atom. The second kappa shape index (κ2) is 4.92. The van der Waals surface area contributed by atoms with Gasteiger partial charge in [0.05, 0.1) is 5.56 Å². The van der Waals surface area contributed by atoms with Crippen LogP contribution in [0, 0.1) is 23.2 Å². The van der Waals surface area contributed by atoms with Crippen molar-refractivity contribution in [2.45, 2.75) is 0 Å². The van der Waals surface area contributed by atoms with E-state index in [0.717, 1.165) is 5.56 Å². The molecule has 0 N–H and O–H groups in total. The molecule has 1 heterocycles. The van der Waals surface area contributed by atoms with Gasteiger partial charge in [-0.15, -0.1) is 0 Å². The first-order chi connectivity index (χ1) is 6.36. The molecule has 1 rings (SSSR count). The molecule has 0 amide bonds. The summed E-state index contributed by atoms with van der Waals surface area (Å²) < 4.78 is 4.76. The van der Waals surface area contributed by atoms with Crippen LogP contribution in [0.2, 0.25) is 0 Å². The monoisotopic (exact) mass is 172 g/mol. The molecule has 0 saturated carbocycles. The predicted octanol–water partition coefficient (Wildman–Crippen LogP) is 0.951. The van der Waals surface area contributed by atoms with E-state index in [1.54, 1.807) is 19.4 Å². The maximum absolute atomic E-state index is 8.57. The van der Waals surface area contributed by atoms with Gasteiger partial charge in [0.15, 0.2) is 0 Å². The van der Waals surface area contributed by atoms with Gasteiger partial charge in [0, 0.05) is 25.1 Å². The predicted molar refractivity (Wildman–Crippen MR) is 47.7 cm³/mol. The molecule has 0 aliphatic heterocycles. The fourth-order valence-corrected chi connectivity index (χ4v) is 0.780. The average Bonchev–Trinajstić information content (AvgIpc) is 2.19. The highest BCUT2D eigenvalue weighted by Crippen LogP contribution is 1.98. The summed E-state index contributed by atoms with van der Waals surface area (Å²) in [4.78, 5) is 3.87. The van der Waals surface area contributed by atoms with Gasteiger partial charge in [-0.3, -0.25) is 4.98 Å². The van der Waals surface area contributed by atoms with Crippen LogP contribution in [0.3, 0.4) is 0 Å². The first-order valence-corrected chi connectivity index (χ1v) is 3.70. The number of rotatable bonds is 1. The summed E-state index contributed by atoms with van der Waals surface area (Å²) in [7, 11) is 1.58. The highest BCUT2D eigenvalue weighted by molar-refractivity contribution is 5.38. The van der Waals surface area contributed by atoms with E-state index >= 15 is 0 Å². The van der Waals surface area contributed by atoms with Crippen LogP contribution in [0.5, 0.6) is 0 Å². The number of methoxy groups -OCH3 is 1. The van der Waals surface area contributed by atoms with Gasteiger partial charge in [-0.05, 0) is 6.07 Å². The Labute approximate surface area is 77.0 Å². The molecule has 0 saturated heterocycles. The fourth-order valence-electron chi connectivity index (χ4n) is 0.780.